The van der Waals surface area contributed by atoms with Gasteiger partial charge in [0.2, 0.25) is 5.88 Å². The lowest BCUT2D eigenvalue weighted by molar-refractivity contribution is 0.0945. The highest BCUT2D eigenvalue weighted by molar-refractivity contribution is 5.92. The first-order valence-corrected chi connectivity index (χ1v) is 10.4. The van der Waals surface area contributed by atoms with Crippen LogP contribution >= 0.6 is 0 Å². The van der Waals surface area contributed by atoms with Crippen molar-refractivity contribution in [3.63, 3.8) is 0 Å². The maximum Gasteiger partial charge on any atom is 0.272 e. The molecule has 2 aromatic heterocycles. The van der Waals surface area contributed by atoms with Crippen LogP contribution in [-0.4, -0.2) is 27.3 Å². The van der Waals surface area contributed by atoms with Gasteiger partial charge < -0.3 is 14.8 Å². The maximum atomic E-state index is 12.6. The van der Waals surface area contributed by atoms with Crippen molar-refractivity contribution in [1.82, 2.24) is 20.1 Å². The summed E-state index contributed by atoms with van der Waals surface area (Å²) in [6.07, 6.45) is 1.67. The minimum atomic E-state index is -0.242. The van der Waals surface area contributed by atoms with Crippen molar-refractivity contribution in [2.24, 2.45) is 0 Å². The SMILES string of the molecule is CCOc1ccccc1Oc1ccc(CNC(=O)c2cc(C)n(-c3ccccc3)n2)cn1. The normalized spacial score (nSPS) is 10.6. The molecule has 0 bridgehead atoms. The Kier molecular flexibility index (Phi) is 6.46. The van der Waals surface area contributed by atoms with Crippen molar-refractivity contribution in [2.45, 2.75) is 20.4 Å². The first-order chi connectivity index (χ1) is 15.6. The Morgan fingerprint density at radius 2 is 1.75 bits per heavy atom. The topological polar surface area (TPSA) is 78.3 Å². The van der Waals surface area contributed by atoms with Crippen molar-refractivity contribution < 1.29 is 14.3 Å². The number of pyridine rings is 1. The highest BCUT2D eigenvalue weighted by Gasteiger charge is 2.13. The summed E-state index contributed by atoms with van der Waals surface area (Å²) >= 11 is 0. The quantitative estimate of drug-likeness (QED) is 0.440. The molecular formula is C25H24N4O3. The van der Waals surface area contributed by atoms with Gasteiger partial charge in [-0.05, 0) is 49.7 Å². The summed E-state index contributed by atoms with van der Waals surface area (Å²) in [5.74, 6) is 1.48. The lowest BCUT2D eigenvalue weighted by Crippen LogP contribution is -2.23. The van der Waals surface area contributed by atoms with E-state index in [1.54, 1.807) is 23.0 Å². The molecular weight excluding hydrogens is 404 g/mol. The van der Waals surface area contributed by atoms with E-state index in [1.165, 1.54) is 0 Å². The Labute approximate surface area is 186 Å². The van der Waals surface area contributed by atoms with Crippen LogP contribution in [0.2, 0.25) is 0 Å². The molecule has 7 nitrogen and oxygen atoms in total. The molecule has 0 atom stereocenters. The number of hydrogen-bond acceptors (Lipinski definition) is 5. The summed E-state index contributed by atoms with van der Waals surface area (Å²) in [5, 5.41) is 7.32. The minimum Gasteiger partial charge on any atom is -0.490 e. The van der Waals surface area contributed by atoms with E-state index in [0.29, 0.717) is 36.2 Å². The Hall–Kier alpha value is -4.13. The predicted octanol–water partition coefficient (Wildman–Crippen LogP) is 4.70. The Morgan fingerprint density at radius 3 is 2.47 bits per heavy atom. The summed E-state index contributed by atoms with van der Waals surface area (Å²) in [5.41, 5.74) is 3.02. The molecule has 0 aliphatic heterocycles. The number of rotatable bonds is 8. The van der Waals surface area contributed by atoms with Crippen LogP contribution in [0.3, 0.4) is 0 Å². The number of carbonyl (C=O) groups excluding carboxylic acids is 1. The zero-order valence-electron chi connectivity index (χ0n) is 18.0. The van der Waals surface area contributed by atoms with E-state index in [0.717, 1.165) is 16.9 Å². The number of aromatic nitrogens is 3. The second-order valence-electron chi connectivity index (χ2n) is 7.09. The molecule has 1 amide bonds. The van der Waals surface area contributed by atoms with Crippen LogP contribution in [0.5, 0.6) is 17.4 Å². The minimum absolute atomic E-state index is 0.242. The fraction of sp³-hybridized carbons (Fsp3) is 0.160. The van der Waals surface area contributed by atoms with Gasteiger partial charge >= 0.3 is 0 Å². The van der Waals surface area contributed by atoms with Crippen molar-refractivity contribution in [1.29, 1.82) is 0 Å². The first-order valence-electron chi connectivity index (χ1n) is 10.4. The van der Waals surface area contributed by atoms with Crippen LogP contribution < -0.4 is 14.8 Å². The molecule has 0 saturated carbocycles. The molecule has 0 aliphatic carbocycles. The van der Waals surface area contributed by atoms with Gasteiger partial charge in [0.25, 0.3) is 5.91 Å². The molecule has 7 heteroatoms. The Balaban J connectivity index is 1.37. The number of ether oxygens (including phenoxy) is 2. The molecule has 0 aliphatic rings. The van der Waals surface area contributed by atoms with E-state index >= 15 is 0 Å². The van der Waals surface area contributed by atoms with Crippen LogP contribution in [-0.2, 0) is 6.54 Å². The number of nitrogens with zero attached hydrogens (tertiary/aromatic N) is 3. The molecule has 0 radical (unpaired) electrons. The summed E-state index contributed by atoms with van der Waals surface area (Å²) in [6, 6.07) is 22.6. The van der Waals surface area contributed by atoms with E-state index in [-0.39, 0.29) is 5.91 Å². The molecule has 2 aromatic carbocycles. The highest BCUT2D eigenvalue weighted by Crippen LogP contribution is 2.30. The number of amides is 1. The van der Waals surface area contributed by atoms with Gasteiger partial charge in [-0.15, -0.1) is 0 Å². The standard InChI is InChI=1S/C25H24N4O3/c1-3-31-22-11-7-8-12-23(22)32-24-14-13-19(16-26-24)17-27-25(30)21-15-18(2)29(28-21)20-9-5-4-6-10-20/h4-16H,3,17H2,1-2H3,(H,27,30). The number of aryl methyl sites for hydroxylation is 1. The molecule has 0 spiro atoms. The van der Waals surface area contributed by atoms with Crippen LogP contribution in [0.25, 0.3) is 5.69 Å². The first kappa shape index (κ1) is 21.1. The van der Waals surface area contributed by atoms with Gasteiger partial charge in [0, 0.05) is 24.5 Å². The average molecular weight is 428 g/mol. The second kappa shape index (κ2) is 9.78. The molecule has 4 aromatic rings. The molecule has 4 rings (SSSR count). The van der Waals surface area contributed by atoms with Crippen LogP contribution in [0.4, 0.5) is 0 Å². The van der Waals surface area contributed by atoms with Crippen molar-refractivity contribution in [3.8, 4) is 23.1 Å². The molecule has 1 N–H and O–H groups in total. The van der Waals surface area contributed by atoms with E-state index < -0.39 is 0 Å². The maximum absolute atomic E-state index is 12.6. The van der Waals surface area contributed by atoms with Gasteiger partial charge in [-0.25, -0.2) is 9.67 Å². The Morgan fingerprint density at radius 1 is 1.00 bits per heavy atom. The lowest BCUT2D eigenvalue weighted by Gasteiger charge is -2.11. The van der Waals surface area contributed by atoms with Crippen LogP contribution in [0.15, 0.2) is 79.0 Å². The molecule has 162 valence electrons. The van der Waals surface area contributed by atoms with E-state index in [4.69, 9.17) is 9.47 Å². The largest absolute Gasteiger partial charge is 0.490 e. The summed E-state index contributed by atoms with van der Waals surface area (Å²) in [6.45, 7) is 4.73. The summed E-state index contributed by atoms with van der Waals surface area (Å²) in [4.78, 5) is 16.9. The number of hydrogen-bond donors (Lipinski definition) is 1. The van der Waals surface area contributed by atoms with Gasteiger partial charge in [0.15, 0.2) is 17.2 Å². The van der Waals surface area contributed by atoms with Crippen molar-refractivity contribution in [2.75, 3.05) is 6.61 Å². The zero-order valence-corrected chi connectivity index (χ0v) is 18.0. The van der Waals surface area contributed by atoms with Gasteiger partial charge in [-0.3, -0.25) is 4.79 Å². The van der Waals surface area contributed by atoms with Crippen molar-refractivity contribution in [3.05, 3.63) is 95.9 Å². The third-order valence-electron chi connectivity index (χ3n) is 4.74. The van der Waals surface area contributed by atoms with E-state index in [1.807, 2.05) is 74.5 Å². The third-order valence-corrected chi connectivity index (χ3v) is 4.74. The van der Waals surface area contributed by atoms with E-state index in [9.17, 15) is 4.79 Å². The fourth-order valence-corrected chi connectivity index (χ4v) is 3.19. The van der Waals surface area contributed by atoms with Crippen molar-refractivity contribution >= 4 is 5.91 Å². The smallest absolute Gasteiger partial charge is 0.272 e. The molecule has 0 saturated heterocycles. The fourth-order valence-electron chi connectivity index (χ4n) is 3.19. The average Bonchev–Trinajstić information content (AvgIpc) is 3.22. The third kappa shape index (κ3) is 4.95. The monoisotopic (exact) mass is 428 g/mol. The molecule has 0 unspecified atom stereocenters. The Bertz CT molecular complexity index is 1190. The van der Waals surface area contributed by atoms with Crippen LogP contribution in [0.1, 0.15) is 28.7 Å². The second-order valence-corrected chi connectivity index (χ2v) is 7.09. The number of nitrogens with one attached hydrogen (secondary N) is 1. The zero-order chi connectivity index (χ0) is 22.3. The van der Waals surface area contributed by atoms with Gasteiger partial charge in [0.05, 0.1) is 12.3 Å². The number of para-hydroxylation sites is 3. The predicted molar refractivity (Wildman–Crippen MR) is 121 cm³/mol. The number of benzene rings is 2. The summed E-state index contributed by atoms with van der Waals surface area (Å²) < 4.78 is 13.2. The molecule has 2 heterocycles. The van der Waals surface area contributed by atoms with Crippen LogP contribution in [0, 0.1) is 6.92 Å². The van der Waals surface area contributed by atoms with Gasteiger partial charge in [0.1, 0.15) is 0 Å². The lowest BCUT2D eigenvalue weighted by atomic mass is 10.2. The molecule has 32 heavy (non-hydrogen) atoms. The van der Waals surface area contributed by atoms with Gasteiger partial charge in [-0.2, -0.15) is 5.10 Å². The van der Waals surface area contributed by atoms with Gasteiger partial charge in [-0.1, -0.05) is 36.4 Å². The highest BCUT2D eigenvalue weighted by atomic mass is 16.5. The molecule has 0 fully saturated rings. The number of carbonyl (C=O) groups is 1. The van der Waals surface area contributed by atoms with E-state index in [2.05, 4.69) is 15.4 Å². The summed E-state index contributed by atoms with van der Waals surface area (Å²) in [7, 11) is 0.